The van der Waals surface area contributed by atoms with Crippen LogP contribution in [-0.4, -0.2) is 47.2 Å². The number of ether oxygens (including phenoxy) is 2. The molecule has 1 aliphatic heterocycles. The van der Waals surface area contributed by atoms with E-state index in [1.807, 2.05) is 4.90 Å². The Bertz CT molecular complexity index is 1160. The minimum Gasteiger partial charge on any atom is -0.406 e. The molecule has 3 aromatic rings. The fourth-order valence-corrected chi connectivity index (χ4v) is 3.73. The van der Waals surface area contributed by atoms with Crippen LogP contribution in [0.5, 0.6) is 5.75 Å². The predicted molar refractivity (Wildman–Crippen MR) is 110 cm³/mol. The van der Waals surface area contributed by atoms with Gasteiger partial charge in [-0.1, -0.05) is 0 Å². The quantitative estimate of drug-likeness (QED) is 0.642. The summed E-state index contributed by atoms with van der Waals surface area (Å²) in [6.45, 7) is 1.13. The molecule has 0 spiro atoms. The summed E-state index contributed by atoms with van der Waals surface area (Å²) in [5.74, 6) is -0.0642. The van der Waals surface area contributed by atoms with Crippen LogP contribution in [0, 0.1) is 11.3 Å². The molecular weight excluding hydrogens is 425 g/mol. The van der Waals surface area contributed by atoms with Crippen LogP contribution in [0.2, 0.25) is 0 Å². The third kappa shape index (κ3) is 4.45. The molecular formula is C21H19F3N6O2. The van der Waals surface area contributed by atoms with E-state index in [4.69, 9.17) is 10.5 Å². The van der Waals surface area contributed by atoms with E-state index in [2.05, 4.69) is 20.8 Å². The first-order chi connectivity index (χ1) is 15.3. The van der Waals surface area contributed by atoms with Gasteiger partial charge in [-0.2, -0.15) is 5.26 Å². The molecule has 2 aromatic heterocycles. The maximum atomic E-state index is 13.0. The molecule has 1 fully saturated rings. The van der Waals surface area contributed by atoms with Crippen molar-refractivity contribution in [1.82, 2.24) is 14.5 Å². The van der Waals surface area contributed by atoms with E-state index < -0.39 is 12.1 Å². The summed E-state index contributed by atoms with van der Waals surface area (Å²) in [7, 11) is 1.60. The lowest BCUT2D eigenvalue weighted by Gasteiger charge is -2.21. The summed E-state index contributed by atoms with van der Waals surface area (Å²) in [6, 6.07) is 7.80. The molecule has 1 aromatic carbocycles. The monoisotopic (exact) mass is 444 g/mol. The summed E-state index contributed by atoms with van der Waals surface area (Å²) in [6.07, 6.45) is 0.414. The summed E-state index contributed by atoms with van der Waals surface area (Å²) in [5, 5.41) is 9.85. The number of anilines is 2. The molecule has 0 saturated carbocycles. The zero-order chi connectivity index (χ0) is 22.9. The van der Waals surface area contributed by atoms with Crippen LogP contribution in [0.4, 0.5) is 24.7 Å². The molecule has 1 aliphatic rings. The first-order valence-corrected chi connectivity index (χ1v) is 9.65. The second-order valence-corrected chi connectivity index (χ2v) is 7.23. The fourth-order valence-electron chi connectivity index (χ4n) is 3.73. The first-order valence-electron chi connectivity index (χ1n) is 9.65. The Morgan fingerprint density at radius 3 is 2.69 bits per heavy atom. The summed E-state index contributed by atoms with van der Waals surface area (Å²) in [5.41, 5.74) is 7.31. The number of aromatic nitrogens is 3. The number of hydrogen-bond acceptors (Lipinski definition) is 7. The van der Waals surface area contributed by atoms with E-state index in [-0.39, 0.29) is 23.3 Å². The zero-order valence-electron chi connectivity index (χ0n) is 17.0. The third-order valence-electron chi connectivity index (χ3n) is 5.16. The van der Waals surface area contributed by atoms with Crippen LogP contribution in [-0.2, 0) is 4.74 Å². The van der Waals surface area contributed by atoms with Gasteiger partial charge in [0.1, 0.15) is 29.5 Å². The van der Waals surface area contributed by atoms with Crippen molar-refractivity contribution < 1.29 is 22.6 Å². The van der Waals surface area contributed by atoms with E-state index in [0.29, 0.717) is 29.9 Å². The number of rotatable bonds is 5. The molecule has 11 heteroatoms. The van der Waals surface area contributed by atoms with E-state index in [1.165, 1.54) is 35.3 Å². The molecule has 0 aliphatic carbocycles. The van der Waals surface area contributed by atoms with Crippen molar-refractivity contribution in [2.75, 3.05) is 30.8 Å². The molecule has 166 valence electrons. The summed E-state index contributed by atoms with van der Waals surface area (Å²) < 4.78 is 50.1. The number of nitrogens with two attached hydrogens (primary N) is 1. The van der Waals surface area contributed by atoms with E-state index >= 15 is 0 Å². The molecule has 2 N–H and O–H groups in total. The third-order valence-corrected chi connectivity index (χ3v) is 5.16. The number of methoxy groups -OCH3 is 1. The molecule has 1 unspecified atom stereocenters. The number of nitrogen functional groups attached to an aromatic ring is 1. The predicted octanol–water partition coefficient (Wildman–Crippen LogP) is 3.51. The highest BCUT2D eigenvalue weighted by atomic mass is 19.4. The van der Waals surface area contributed by atoms with E-state index in [9.17, 15) is 18.4 Å². The Labute approximate surface area is 181 Å². The molecule has 8 nitrogen and oxygen atoms in total. The Kier molecular flexibility index (Phi) is 5.63. The lowest BCUT2D eigenvalue weighted by molar-refractivity contribution is -0.274. The number of hydrogen-bond donors (Lipinski definition) is 1. The number of nitrogens with zero attached hydrogens (tertiary/aromatic N) is 5. The Morgan fingerprint density at radius 2 is 2.06 bits per heavy atom. The molecule has 1 saturated heterocycles. The topological polar surface area (TPSA) is 102 Å². The van der Waals surface area contributed by atoms with Crippen molar-refractivity contribution in [3.05, 3.63) is 48.5 Å². The average Bonchev–Trinajstić information content (AvgIpc) is 3.43. The van der Waals surface area contributed by atoms with Gasteiger partial charge in [-0.15, -0.1) is 13.2 Å². The summed E-state index contributed by atoms with van der Waals surface area (Å²) >= 11 is 0. The highest BCUT2D eigenvalue weighted by molar-refractivity contribution is 5.79. The second kappa shape index (κ2) is 8.39. The molecule has 0 amide bonds. The van der Waals surface area contributed by atoms with Crippen molar-refractivity contribution >= 4 is 11.5 Å². The fraction of sp³-hybridized carbons (Fsp3) is 0.286. The average molecular weight is 444 g/mol. The smallest absolute Gasteiger partial charge is 0.406 e. The van der Waals surface area contributed by atoms with Crippen molar-refractivity contribution in [3.63, 3.8) is 0 Å². The maximum absolute atomic E-state index is 13.0. The van der Waals surface area contributed by atoms with Crippen LogP contribution in [0.25, 0.3) is 16.9 Å². The molecule has 0 radical (unpaired) electrons. The SMILES string of the molecule is COC1CCN(c2cc(OC(F)(F)F)cc(-c3cc(N)nc(-n4ccnc4)c3C#N)c2)C1. The van der Waals surface area contributed by atoms with Crippen LogP contribution in [0.1, 0.15) is 12.0 Å². The number of halogens is 3. The van der Waals surface area contributed by atoms with Crippen molar-refractivity contribution in [1.29, 1.82) is 5.26 Å². The normalized spacial score (nSPS) is 16.2. The van der Waals surface area contributed by atoms with E-state index in [0.717, 1.165) is 6.42 Å². The van der Waals surface area contributed by atoms with E-state index in [1.54, 1.807) is 19.4 Å². The van der Waals surface area contributed by atoms with Gasteiger partial charge in [-0.05, 0) is 30.2 Å². The van der Waals surface area contributed by atoms with Crippen molar-refractivity contribution in [3.8, 4) is 28.8 Å². The van der Waals surface area contributed by atoms with Crippen LogP contribution < -0.4 is 15.4 Å². The number of nitriles is 1. The number of imidazole rings is 1. The van der Waals surface area contributed by atoms with Gasteiger partial charge in [0.15, 0.2) is 5.82 Å². The van der Waals surface area contributed by atoms with Gasteiger partial charge in [-0.3, -0.25) is 4.57 Å². The standard InChI is InChI=1S/C21H19F3N6O2/c1-31-15-2-4-29(11-15)14-6-13(7-16(8-14)32-21(22,23)24)17-9-19(26)28-20(18(17)10-25)30-5-3-27-12-30/h3,5-9,12,15H,2,4,11H2,1H3,(H2,26,28). The first kappa shape index (κ1) is 21.5. The lowest BCUT2D eigenvalue weighted by atomic mass is 9.99. The Hall–Kier alpha value is -3.78. The van der Waals surface area contributed by atoms with Gasteiger partial charge in [-0.25, -0.2) is 9.97 Å². The second-order valence-electron chi connectivity index (χ2n) is 7.23. The van der Waals surface area contributed by atoms with Crippen molar-refractivity contribution in [2.24, 2.45) is 0 Å². The van der Waals surface area contributed by atoms with Crippen LogP contribution >= 0.6 is 0 Å². The number of alkyl halides is 3. The molecule has 1 atom stereocenters. The number of pyridine rings is 1. The molecule has 32 heavy (non-hydrogen) atoms. The minimum absolute atomic E-state index is 0.0234. The van der Waals surface area contributed by atoms with Gasteiger partial charge in [0, 0.05) is 49.9 Å². The number of benzene rings is 1. The molecule has 4 rings (SSSR count). The van der Waals surface area contributed by atoms with Gasteiger partial charge in [0.05, 0.1) is 6.10 Å². The van der Waals surface area contributed by atoms with Crippen LogP contribution in [0.3, 0.4) is 0 Å². The van der Waals surface area contributed by atoms with Gasteiger partial charge >= 0.3 is 6.36 Å². The highest BCUT2D eigenvalue weighted by Gasteiger charge is 2.32. The molecule has 0 bridgehead atoms. The zero-order valence-corrected chi connectivity index (χ0v) is 17.0. The lowest BCUT2D eigenvalue weighted by Crippen LogP contribution is -2.23. The van der Waals surface area contributed by atoms with Crippen molar-refractivity contribution in [2.45, 2.75) is 18.9 Å². The van der Waals surface area contributed by atoms with Gasteiger partial charge in [0.2, 0.25) is 0 Å². The maximum Gasteiger partial charge on any atom is 0.573 e. The van der Waals surface area contributed by atoms with Gasteiger partial charge in [0.25, 0.3) is 0 Å². The highest BCUT2D eigenvalue weighted by Crippen LogP contribution is 2.37. The van der Waals surface area contributed by atoms with Crippen LogP contribution in [0.15, 0.2) is 43.0 Å². The van der Waals surface area contributed by atoms with Gasteiger partial charge < -0.3 is 20.1 Å². The molecule has 3 heterocycles. The Morgan fingerprint density at radius 1 is 1.25 bits per heavy atom. The minimum atomic E-state index is -4.87. The Balaban J connectivity index is 1.87. The summed E-state index contributed by atoms with van der Waals surface area (Å²) in [4.78, 5) is 10.1. The largest absolute Gasteiger partial charge is 0.573 e.